The summed E-state index contributed by atoms with van der Waals surface area (Å²) in [4.78, 5) is 23.9. The van der Waals surface area contributed by atoms with Crippen LogP contribution in [0.15, 0.2) is 0 Å². The van der Waals surface area contributed by atoms with E-state index in [-0.39, 0.29) is 24.8 Å². The van der Waals surface area contributed by atoms with E-state index < -0.39 is 20.6 Å². The van der Waals surface area contributed by atoms with Gasteiger partial charge in [0, 0.05) is 19.8 Å². The van der Waals surface area contributed by atoms with Gasteiger partial charge >= 0.3 is 0 Å². The number of nitrogens with zero attached hydrogens (tertiary/aromatic N) is 1. The van der Waals surface area contributed by atoms with Gasteiger partial charge in [-0.2, -0.15) is 0 Å². The topological polar surface area (TPSA) is 83.6 Å². The first-order chi connectivity index (χ1) is 7.56. The smallest absolute Gasteiger partial charge is 0.246 e. The van der Waals surface area contributed by atoms with Crippen molar-refractivity contribution in [2.75, 3.05) is 19.8 Å². The molecule has 1 atom stereocenters. The maximum absolute atomic E-state index is 11.6. The van der Waals surface area contributed by atoms with E-state index in [0.717, 1.165) is 11.2 Å². The Hall–Kier alpha value is -0.950. The summed E-state index contributed by atoms with van der Waals surface area (Å²) in [5.74, 6) is -0.552. The van der Waals surface area contributed by atoms with Crippen molar-refractivity contribution in [3.63, 3.8) is 0 Å². The Morgan fingerprint density at radius 1 is 1.41 bits per heavy atom. The number of likely N-dealkylation sites (tertiary alicyclic amines) is 1. The number of sulfone groups is 1. The van der Waals surface area contributed by atoms with E-state index in [2.05, 4.69) is 5.32 Å². The van der Waals surface area contributed by atoms with Crippen molar-refractivity contribution >= 4 is 21.7 Å². The van der Waals surface area contributed by atoms with Crippen LogP contribution < -0.4 is 5.32 Å². The zero-order chi connectivity index (χ0) is 13.4. The molecule has 0 radical (unpaired) electrons. The minimum absolute atomic E-state index is 0.0924. The molecule has 6 nitrogen and oxygen atoms in total. The molecule has 0 aromatic heterocycles. The zero-order valence-electron chi connectivity index (χ0n) is 10.5. The lowest BCUT2D eigenvalue weighted by molar-refractivity contribution is -0.137. The lowest BCUT2D eigenvalue weighted by atomic mass is 10.1. The fourth-order valence-electron chi connectivity index (χ4n) is 1.42. The van der Waals surface area contributed by atoms with Crippen LogP contribution in [-0.4, -0.2) is 55.8 Å². The lowest BCUT2D eigenvalue weighted by Gasteiger charge is -2.24. The minimum Gasteiger partial charge on any atom is -0.304 e. The molecule has 17 heavy (non-hydrogen) atoms. The number of hydrogen-bond donors (Lipinski definition) is 1. The molecule has 1 N–H and O–H groups in total. The molecule has 0 saturated carbocycles. The van der Waals surface area contributed by atoms with Crippen LogP contribution in [0.3, 0.4) is 0 Å². The number of carbonyl (C=O) groups excluding carboxylic acids is 2. The van der Waals surface area contributed by atoms with Crippen LogP contribution >= 0.6 is 0 Å². The summed E-state index contributed by atoms with van der Waals surface area (Å²) in [6.07, 6.45) is 1.25. The average molecular weight is 262 g/mol. The highest BCUT2D eigenvalue weighted by atomic mass is 32.2. The molecule has 0 aromatic carbocycles. The highest BCUT2D eigenvalue weighted by Crippen LogP contribution is 2.16. The molecule has 0 aliphatic carbocycles. The quantitative estimate of drug-likeness (QED) is 0.668. The van der Waals surface area contributed by atoms with Gasteiger partial charge in [0.05, 0.1) is 17.2 Å². The second-order valence-corrected chi connectivity index (χ2v) is 7.61. The number of imide groups is 1. The third kappa shape index (κ3) is 2.84. The van der Waals surface area contributed by atoms with Crippen molar-refractivity contribution in [3.8, 4) is 0 Å². The molecule has 1 saturated heterocycles. The number of likely N-dealkylation sites (N-methyl/N-ethyl adjacent to an activating group) is 1. The predicted octanol–water partition coefficient (Wildman–Crippen LogP) is -0.843. The standard InChI is InChI=1S/C10H18N2O4S/c1-10(2,17(4,15)16)6-11-7-5-8(13)12(3)9(7)14/h7,11H,5-6H2,1-4H3. The molecule has 0 aromatic rings. The minimum atomic E-state index is -3.21. The van der Waals surface area contributed by atoms with Gasteiger partial charge in [-0.3, -0.25) is 14.5 Å². The Bertz CT molecular complexity index is 441. The maximum atomic E-state index is 11.6. The van der Waals surface area contributed by atoms with E-state index in [4.69, 9.17) is 0 Å². The lowest BCUT2D eigenvalue weighted by Crippen LogP contribution is -2.47. The van der Waals surface area contributed by atoms with E-state index in [0.29, 0.717) is 0 Å². The summed E-state index contributed by atoms with van der Waals surface area (Å²) in [6, 6.07) is -0.603. The Labute approximate surface area is 101 Å². The highest BCUT2D eigenvalue weighted by Gasteiger charge is 2.38. The van der Waals surface area contributed by atoms with Gasteiger partial charge in [-0.15, -0.1) is 0 Å². The van der Waals surface area contributed by atoms with Crippen LogP contribution in [-0.2, 0) is 19.4 Å². The van der Waals surface area contributed by atoms with E-state index >= 15 is 0 Å². The van der Waals surface area contributed by atoms with E-state index in [1.54, 1.807) is 13.8 Å². The molecule has 1 heterocycles. The van der Waals surface area contributed by atoms with Gasteiger partial charge < -0.3 is 5.32 Å². The summed E-state index contributed by atoms with van der Waals surface area (Å²) in [5, 5.41) is 2.85. The highest BCUT2D eigenvalue weighted by molar-refractivity contribution is 7.92. The van der Waals surface area contributed by atoms with Crippen LogP contribution in [0.2, 0.25) is 0 Å². The van der Waals surface area contributed by atoms with Crippen molar-refractivity contribution in [1.29, 1.82) is 0 Å². The molecular weight excluding hydrogens is 244 g/mol. The van der Waals surface area contributed by atoms with Gasteiger partial charge in [-0.25, -0.2) is 8.42 Å². The Morgan fingerprint density at radius 3 is 2.29 bits per heavy atom. The predicted molar refractivity (Wildman–Crippen MR) is 63.1 cm³/mol. The first kappa shape index (κ1) is 14.1. The summed E-state index contributed by atoms with van der Waals surface area (Å²) < 4.78 is 22.0. The van der Waals surface area contributed by atoms with Crippen LogP contribution in [0, 0.1) is 0 Å². The van der Waals surface area contributed by atoms with Gasteiger partial charge in [-0.05, 0) is 13.8 Å². The fourth-order valence-corrected chi connectivity index (χ4v) is 1.76. The van der Waals surface area contributed by atoms with Crippen molar-refractivity contribution in [1.82, 2.24) is 10.2 Å². The largest absolute Gasteiger partial charge is 0.304 e. The first-order valence-electron chi connectivity index (χ1n) is 5.29. The molecule has 1 aliphatic heterocycles. The zero-order valence-corrected chi connectivity index (χ0v) is 11.3. The van der Waals surface area contributed by atoms with Crippen LogP contribution in [0.1, 0.15) is 20.3 Å². The molecule has 0 spiro atoms. The van der Waals surface area contributed by atoms with E-state index in [9.17, 15) is 18.0 Å². The van der Waals surface area contributed by atoms with Crippen LogP contribution in [0.5, 0.6) is 0 Å². The molecule has 1 unspecified atom stereocenters. The molecule has 2 amide bonds. The molecule has 1 fully saturated rings. The summed E-state index contributed by atoms with van der Waals surface area (Å²) in [5.41, 5.74) is 0. The van der Waals surface area contributed by atoms with Crippen molar-refractivity contribution in [2.24, 2.45) is 0 Å². The van der Waals surface area contributed by atoms with Gasteiger partial charge in [0.2, 0.25) is 11.8 Å². The Kier molecular flexibility index (Phi) is 3.63. The average Bonchev–Trinajstić information content (AvgIpc) is 2.41. The van der Waals surface area contributed by atoms with Gasteiger partial charge in [-0.1, -0.05) is 0 Å². The molecule has 1 aliphatic rings. The third-order valence-electron chi connectivity index (χ3n) is 3.16. The van der Waals surface area contributed by atoms with Crippen molar-refractivity contribution in [2.45, 2.75) is 31.1 Å². The number of carbonyl (C=O) groups is 2. The molecular formula is C10H18N2O4S. The Morgan fingerprint density at radius 2 is 1.94 bits per heavy atom. The molecule has 7 heteroatoms. The summed E-state index contributed by atoms with van der Waals surface area (Å²) in [7, 11) is -1.79. The number of rotatable bonds is 4. The van der Waals surface area contributed by atoms with Gasteiger partial charge in [0.15, 0.2) is 9.84 Å². The van der Waals surface area contributed by atoms with Crippen LogP contribution in [0.4, 0.5) is 0 Å². The Balaban J connectivity index is 2.65. The summed E-state index contributed by atoms with van der Waals surface area (Å²) >= 11 is 0. The maximum Gasteiger partial charge on any atom is 0.246 e. The molecule has 98 valence electrons. The number of nitrogens with one attached hydrogen (secondary N) is 1. The number of hydrogen-bond acceptors (Lipinski definition) is 5. The van der Waals surface area contributed by atoms with Gasteiger partial charge in [0.25, 0.3) is 0 Å². The fraction of sp³-hybridized carbons (Fsp3) is 0.800. The van der Waals surface area contributed by atoms with Crippen LogP contribution in [0.25, 0.3) is 0 Å². The number of amides is 2. The second-order valence-electron chi connectivity index (χ2n) is 4.96. The van der Waals surface area contributed by atoms with Crippen molar-refractivity contribution < 1.29 is 18.0 Å². The normalized spacial score (nSPS) is 22.4. The first-order valence-corrected chi connectivity index (χ1v) is 7.19. The molecule has 1 rings (SSSR count). The summed E-state index contributed by atoms with van der Waals surface area (Å²) in [6.45, 7) is 3.31. The van der Waals surface area contributed by atoms with E-state index in [1.807, 2.05) is 0 Å². The van der Waals surface area contributed by atoms with Crippen molar-refractivity contribution in [3.05, 3.63) is 0 Å². The van der Waals surface area contributed by atoms with E-state index in [1.165, 1.54) is 7.05 Å². The third-order valence-corrected chi connectivity index (χ3v) is 5.31. The monoisotopic (exact) mass is 262 g/mol. The van der Waals surface area contributed by atoms with Gasteiger partial charge in [0.1, 0.15) is 0 Å². The SMILES string of the molecule is CN1C(=O)CC(NCC(C)(C)S(C)(=O)=O)C1=O. The molecule has 0 bridgehead atoms. The second kappa shape index (κ2) is 4.38.